The molecule has 2 unspecified atom stereocenters. The second-order valence-corrected chi connectivity index (χ2v) is 8.02. The third kappa shape index (κ3) is 5.29. The molecule has 21 heavy (non-hydrogen) atoms. The van der Waals surface area contributed by atoms with Crippen LogP contribution in [0, 0.1) is 11.3 Å². The fourth-order valence-electron chi connectivity index (χ4n) is 3.30. The zero-order chi connectivity index (χ0) is 15.5. The van der Waals surface area contributed by atoms with Gasteiger partial charge in [0.25, 0.3) is 0 Å². The largest absolute Gasteiger partial charge is 0.478 e. The molecule has 0 spiro atoms. The molecular formula is C17H24O3S. The predicted molar refractivity (Wildman–Crippen MR) is 86.4 cm³/mol. The maximum Gasteiger partial charge on any atom is 0.328 e. The molecule has 2 atom stereocenters. The standard InChI is InChI=1S/C17H24O3S/c1-12-8-13(10-17(2,3)9-12)20-11-15-5-4-14(21-15)6-7-16(18)19/h4-7,12-13H,8-11H2,1-3H3,(H,18,19). The van der Waals surface area contributed by atoms with E-state index in [1.165, 1.54) is 12.5 Å². The Bertz CT molecular complexity index is 516. The number of carboxylic acid groups (broad SMARTS) is 1. The van der Waals surface area contributed by atoms with Crippen molar-refractivity contribution in [3.05, 3.63) is 28.0 Å². The molecule has 0 aliphatic heterocycles. The number of thiophene rings is 1. The summed E-state index contributed by atoms with van der Waals surface area (Å²) in [7, 11) is 0. The van der Waals surface area contributed by atoms with E-state index in [4.69, 9.17) is 9.84 Å². The van der Waals surface area contributed by atoms with E-state index in [-0.39, 0.29) is 0 Å². The molecule has 3 nitrogen and oxygen atoms in total. The summed E-state index contributed by atoms with van der Waals surface area (Å²) >= 11 is 1.59. The summed E-state index contributed by atoms with van der Waals surface area (Å²) in [4.78, 5) is 12.6. The fraction of sp³-hybridized carbons (Fsp3) is 0.588. The Morgan fingerprint density at radius 2 is 2.24 bits per heavy atom. The number of carboxylic acids is 1. The van der Waals surface area contributed by atoms with Gasteiger partial charge in [-0.25, -0.2) is 4.79 Å². The van der Waals surface area contributed by atoms with Gasteiger partial charge in [0.2, 0.25) is 0 Å². The molecule has 1 heterocycles. The van der Waals surface area contributed by atoms with Crippen LogP contribution in [-0.4, -0.2) is 17.2 Å². The van der Waals surface area contributed by atoms with Crippen molar-refractivity contribution in [2.24, 2.45) is 11.3 Å². The molecule has 1 aliphatic carbocycles. The highest BCUT2D eigenvalue weighted by molar-refractivity contribution is 7.12. The van der Waals surface area contributed by atoms with Crippen molar-refractivity contribution in [2.45, 2.75) is 52.7 Å². The summed E-state index contributed by atoms with van der Waals surface area (Å²) in [5.74, 6) is -0.198. The molecule has 4 heteroatoms. The highest BCUT2D eigenvalue weighted by Crippen LogP contribution is 2.40. The Labute approximate surface area is 130 Å². The van der Waals surface area contributed by atoms with Crippen LogP contribution in [0.5, 0.6) is 0 Å². The molecule has 0 amide bonds. The molecular weight excluding hydrogens is 284 g/mol. The summed E-state index contributed by atoms with van der Waals surface area (Å²) in [5, 5.41) is 8.62. The quantitative estimate of drug-likeness (QED) is 0.810. The minimum absolute atomic E-state index is 0.337. The normalized spacial score (nSPS) is 25.3. The van der Waals surface area contributed by atoms with Crippen molar-refractivity contribution >= 4 is 23.4 Å². The molecule has 0 radical (unpaired) electrons. The van der Waals surface area contributed by atoms with E-state index in [0.717, 1.165) is 28.5 Å². The van der Waals surface area contributed by atoms with Crippen molar-refractivity contribution in [3.8, 4) is 0 Å². The lowest BCUT2D eigenvalue weighted by Gasteiger charge is -2.38. The first-order valence-corrected chi connectivity index (χ1v) is 8.27. The van der Waals surface area contributed by atoms with Gasteiger partial charge in [0.15, 0.2) is 0 Å². The molecule has 1 aromatic rings. The Kier molecular flexibility index (Phi) is 5.22. The van der Waals surface area contributed by atoms with Gasteiger partial charge >= 0.3 is 5.97 Å². The fourth-order valence-corrected chi connectivity index (χ4v) is 4.14. The molecule has 0 bridgehead atoms. The summed E-state index contributed by atoms with van der Waals surface area (Å²) in [6, 6.07) is 3.96. The van der Waals surface area contributed by atoms with Crippen LogP contribution in [0.25, 0.3) is 6.08 Å². The molecule has 1 saturated carbocycles. The highest BCUT2D eigenvalue weighted by Gasteiger charge is 2.32. The molecule has 2 rings (SSSR count). The van der Waals surface area contributed by atoms with Gasteiger partial charge in [-0.3, -0.25) is 0 Å². The Hall–Kier alpha value is -1.13. The zero-order valence-corrected chi connectivity index (χ0v) is 13.8. The van der Waals surface area contributed by atoms with E-state index in [0.29, 0.717) is 18.1 Å². The van der Waals surface area contributed by atoms with Crippen LogP contribution in [0.1, 0.15) is 49.8 Å². The predicted octanol–water partition coefficient (Wildman–Crippen LogP) is 4.58. The lowest BCUT2D eigenvalue weighted by Crippen LogP contribution is -2.32. The molecule has 0 saturated heterocycles. The molecule has 1 aliphatic rings. The summed E-state index contributed by atoms with van der Waals surface area (Å²) in [5.41, 5.74) is 0.368. The van der Waals surface area contributed by atoms with Crippen molar-refractivity contribution < 1.29 is 14.6 Å². The summed E-state index contributed by atoms with van der Waals surface area (Å²) in [6.07, 6.45) is 6.67. The molecule has 116 valence electrons. The third-order valence-corrected chi connectivity index (χ3v) is 4.90. The Morgan fingerprint density at radius 1 is 1.48 bits per heavy atom. The highest BCUT2D eigenvalue weighted by atomic mass is 32.1. The van der Waals surface area contributed by atoms with E-state index >= 15 is 0 Å². The average molecular weight is 308 g/mol. The van der Waals surface area contributed by atoms with Crippen LogP contribution < -0.4 is 0 Å². The maximum absolute atomic E-state index is 10.5. The van der Waals surface area contributed by atoms with Gasteiger partial charge in [-0.15, -0.1) is 11.3 Å². The number of aliphatic carboxylic acids is 1. The van der Waals surface area contributed by atoms with Crippen molar-refractivity contribution in [3.63, 3.8) is 0 Å². The van der Waals surface area contributed by atoms with Crippen LogP contribution in [-0.2, 0) is 16.1 Å². The molecule has 1 fully saturated rings. The number of carbonyl (C=O) groups is 1. The van der Waals surface area contributed by atoms with E-state index in [1.54, 1.807) is 17.4 Å². The van der Waals surface area contributed by atoms with Crippen LogP contribution in [0.3, 0.4) is 0 Å². The molecule has 1 aromatic heterocycles. The van der Waals surface area contributed by atoms with E-state index < -0.39 is 5.97 Å². The van der Waals surface area contributed by atoms with Gasteiger partial charge in [-0.2, -0.15) is 0 Å². The van der Waals surface area contributed by atoms with Gasteiger partial charge in [0.1, 0.15) is 0 Å². The van der Waals surface area contributed by atoms with Gasteiger partial charge in [-0.1, -0.05) is 20.8 Å². The van der Waals surface area contributed by atoms with Crippen LogP contribution >= 0.6 is 11.3 Å². The first kappa shape index (κ1) is 16.2. The first-order valence-electron chi connectivity index (χ1n) is 7.45. The third-order valence-electron chi connectivity index (χ3n) is 3.88. The summed E-state index contributed by atoms with van der Waals surface area (Å²) < 4.78 is 6.08. The lowest BCUT2D eigenvalue weighted by atomic mass is 9.71. The topological polar surface area (TPSA) is 46.5 Å². The maximum atomic E-state index is 10.5. The van der Waals surface area contributed by atoms with Crippen molar-refractivity contribution in [1.82, 2.24) is 0 Å². The van der Waals surface area contributed by atoms with Gasteiger partial charge in [0.05, 0.1) is 12.7 Å². The van der Waals surface area contributed by atoms with Gasteiger partial charge < -0.3 is 9.84 Å². The Morgan fingerprint density at radius 3 is 2.90 bits per heavy atom. The minimum Gasteiger partial charge on any atom is -0.478 e. The monoisotopic (exact) mass is 308 g/mol. The average Bonchev–Trinajstić information content (AvgIpc) is 2.79. The van der Waals surface area contributed by atoms with E-state index in [9.17, 15) is 4.79 Å². The van der Waals surface area contributed by atoms with Gasteiger partial charge in [-0.05, 0) is 48.8 Å². The second-order valence-electron chi connectivity index (χ2n) is 6.82. The molecule has 0 aromatic carbocycles. The minimum atomic E-state index is -0.917. The van der Waals surface area contributed by atoms with Crippen LogP contribution in [0.2, 0.25) is 0 Å². The SMILES string of the molecule is CC1CC(OCc2ccc(C=CC(=O)O)s2)CC(C)(C)C1. The summed E-state index contributed by atoms with van der Waals surface area (Å²) in [6.45, 7) is 7.56. The van der Waals surface area contributed by atoms with Crippen molar-refractivity contribution in [1.29, 1.82) is 0 Å². The number of hydrogen-bond acceptors (Lipinski definition) is 3. The number of hydrogen-bond donors (Lipinski definition) is 1. The van der Waals surface area contributed by atoms with Crippen molar-refractivity contribution in [2.75, 3.05) is 0 Å². The number of rotatable bonds is 5. The van der Waals surface area contributed by atoms with Crippen LogP contribution in [0.15, 0.2) is 18.2 Å². The first-order chi connectivity index (χ1) is 9.84. The van der Waals surface area contributed by atoms with Gasteiger partial charge in [0, 0.05) is 15.8 Å². The Balaban J connectivity index is 1.87. The van der Waals surface area contributed by atoms with E-state index in [2.05, 4.69) is 20.8 Å². The van der Waals surface area contributed by atoms with E-state index in [1.807, 2.05) is 12.1 Å². The van der Waals surface area contributed by atoms with Crippen LogP contribution in [0.4, 0.5) is 0 Å². The zero-order valence-electron chi connectivity index (χ0n) is 13.0. The lowest BCUT2D eigenvalue weighted by molar-refractivity contribution is -0.131. The molecule has 1 N–H and O–H groups in total. The number of ether oxygens (including phenoxy) is 1. The second kappa shape index (κ2) is 6.75. The smallest absolute Gasteiger partial charge is 0.328 e.